The zero-order valence-corrected chi connectivity index (χ0v) is 38.9. The summed E-state index contributed by atoms with van der Waals surface area (Å²) in [5.41, 5.74) is 2.27. The number of fused-ring (bicyclic) bond motifs is 3. The number of amides is 1. The van der Waals surface area contributed by atoms with Crippen LogP contribution in [0.5, 0.6) is 0 Å². The zero-order valence-electron chi connectivity index (χ0n) is 38.9. The number of hydrogen-bond acceptors (Lipinski definition) is 8. The van der Waals surface area contributed by atoms with E-state index in [1.807, 2.05) is 16.7 Å². The highest BCUT2D eigenvalue weighted by Crippen LogP contribution is 2.55. The average Bonchev–Trinajstić information content (AvgIpc) is 3.96. The van der Waals surface area contributed by atoms with Gasteiger partial charge in [0.2, 0.25) is 0 Å². The third kappa shape index (κ3) is 7.20. The maximum absolute atomic E-state index is 17.0. The summed E-state index contributed by atoms with van der Waals surface area (Å²) in [6.07, 6.45) is 6.87. The van der Waals surface area contributed by atoms with Gasteiger partial charge in [-0.05, 0) is 124 Å². The zero-order chi connectivity index (χ0) is 48.3. The Kier molecular flexibility index (Phi) is 10.4. The van der Waals surface area contributed by atoms with Gasteiger partial charge in [0.1, 0.15) is 34.7 Å². The van der Waals surface area contributed by atoms with Gasteiger partial charge >= 0.3 is 11.4 Å². The third-order valence-electron chi connectivity index (χ3n) is 14.5. The number of rotatable bonds is 8. The summed E-state index contributed by atoms with van der Waals surface area (Å²) >= 11 is 0. The molecule has 2 aliphatic carbocycles. The smallest absolute Gasteiger partial charge is 0.376 e. The maximum atomic E-state index is 17.0. The fraction of sp³-hybridized carbons (Fsp3) is 0.373. The minimum atomic E-state index is -1.62. The summed E-state index contributed by atoms with van der Waals surface area (Å²) in [5, 5.41) is 17.4. The fourth-order valence-corrected chi connectivity index (χ4v) is 10.9. The second kappa shape index (κ2) is 16.2. The van der Waals surface area contributed by atoms with Gasteiger partial charge < -0.3 is 14.6 Å². The van der Waals surface area contributed by atoms with Gasteiger partial charge in [-0.3, -0.25) is 28.1 Å². The van der Waals surface area contributed by atoms with Crippen LogP contribution in [0.1, 0.15) is 128 Å². The number of carbonyl (C=O) groups excluding carboxylic acids is 1. The summed E-state index contributed by atoms with van der Waals surface area (Å²) < 4.78 is 66.8. The molecule has 15 nitrogen and oxygen atoms in total. The van der Waals surface area contributed by atoms with Crippen molar-refractivity contribution in [3.63, 3.8) is 0 Å². The van der Waals surface area contributed by atoms with Crippen molar-refractivity contribution < 1.29 is 27.2 Å². The summed E-state index contributed by atoms with van der Waals surface area (Å²) in [6, 6.07) is 13.3. The first-order valence-corrected chi connectivity index (χ1v) is 23.3. The number of hydrogen-bond donors (Lipinski definition) is 2. The molecular weight excluding hydrogens is 890 g/mol. The number of ether oxygens (including phenoxy) is 1. The molecule has 3 aromatic carbocycles. The Morgan fingerprint density at radius 2 is 1.68 bits per heavy atom. The van der Waals surface area contributed by atoms with Crippen LogP contribution in [0.25, 0.3) is 39.0 Å². The highest BCUT2D eigenvalue weighted by Gasteiger charge is 2.56. The number of alkyl halides is 1. The molecule has 69 heavy (non-hydrogen) atoms. The Hall–Kier alpha value is -7.21. The molecule has 4 atom stereocenters. The van der Waals surface area contributed by atoms with Crippen molar-refractivity contribution in [1.82, 2.24) is 48.7 Å². The van der Waals surface area contributed by atoms with E-state index in [4.69, 9.17) is 14.4 Å². The predicted molar refractivity (Wildman–Crippen MR) is 251 cm³/mol. The topological polar surface area (TPSA) is 165 Å². The minimum Gasteiger partial charge on any atom is -0.376 e. The molecule has 5 aromatic heterocycles. The van der Waals surface area contributed by atoms with Crippen LogP contribution in [0.3, 0.4) is 0 Å². The number of aromatic nitrogens is 9. The van der Waals surface area contributed by atoms with Gasteiger partial charge in [0.05, 0.1) is 40.1 Å². The molecule has 6 heterocycles. The lowest BCUT2D eigenvalue weighted by molar-refractivity contribution is -0.0592. The van der Waals surface area contributed by atoms with Crippen molar-refractivity contribution in [1.29, 1.82) is 0 Å². The molecule has 3 aliphatic rings. The van der Waals surface area contributed by atoms with Crippen LogP contribution in [0.2, 0.25) is 0 Å². The first-order chi connectivity index (χ1) is 33.0. The molecule has 0 radical (unpaired) electrons. The summed E-state index contributed by atoms with van der Waals surface area (Å²) in [4.78, 5) is 45.5. The number of H-pyrrole nitrogens is 1. The number of halogens is 3. The van der Waals surface area contributed by atoms with Gasteiger partial charge in [-0.25, -0.2) is 27.4 Å². The number of nitrogens with zero attached hydrogens (tertiary/aromatic N) is 8. The van der Waals surface area contributed by atoms with Gasteiger partial charge in [0.25, 0.3) is 5.91 Å². The quantitative estimate of drug-likeness (QED) is 0.143. The highest BCUT2D eigenvalue weighted by atomic mass is 19.1. The standard InChI is InChI=1S/C51H51F3N10O5/c1-27-20-33(21-28(2)42(27)53)64-46(62-18-17-61(49(62)67)39-15-14-38-34(43(39)54)26-55-60(38)6)41-36(11-9-7-8-10-35(52)44(41)58-64)56-45(65)40-23-32-22-30(31-16-19-68-50(4,5)25-31)12-13-37(32)63(40)51(24-29(51)3)47-57-48(66)69-59-47/h12-15,17-18,20-23,26,31,35-36H,3,7-11,16,19,24-25H2,1-2,4-6H3,(H,56,65)(H,57,59,66)/t31-,35-,36?,51-/m0/s1. The normalized spacial score (nSPS) is 21.6. The first kappa shape index (κ1) is 44.3. The van der Waals surface area contributed by atoms with E-state index < -0.39 is 46.7 Å². The van der Waals surface area contributed by atoms with Crippen LogP contribution in [0.4, 0.5) is 13.2 Å². The minimum absolute atomic E-state index is 0.0104. The molecule has 0 bridgehead atoms. The van der Waals surface area contributed by atoms with Crippen LogP contribution in [-0.2, 0) is 17.3 Å². The van der Waals surface area contributed by atoms with Gasteiger partial charge in [-0.2, -0.15) is 10.2 Å². The summed E-state index contributed by atoms with van der Waals surface area (Å²) in [5.74, 6) is -1.86. The Bertz CT molecular complexity index is 3510. The number of aromatic amines is 1. The molecular formula is C51H51F3N10O5. The number of nitrogens with one attached hydrogen (secondary N) is 2. The molecule has 1 aliphatic heterocycles. The van der Waals surface area contributed by atoms with Crippen molar-refractivity contribution in [2.45, 2.75) is 108 Å². The number of carbonyl (C=O) groups is 1. The lowest BCUT2D eigenvalue weighted by atomic mass is 9.83. The van der Waals surface area contributed by atoms with Crippen molar-refractivity contribution in [3.05, 3.63) is 151 Å². The Morgan fingerprint density at radius 1 is 0.942 bits per heavy atom. The van der Waals surface area contributed by atoms with Crippen LogP contribution in [0, 0.1) is 25.5 Å². The molecule has 1 amide bonds. The van der Waals surface area contributed by atoms with Crippen LogP contribution in [-0.4, -0.2) is 61.5 Å². The molecule has 0 spiro atoms. The maximum Gasteiger partial charge on any atom is 0.438 e. The van der Waals surface area contributed by atoms with E-state index in [2.05, 4.69) is 53.1 Å². The van der Waals surface area contributed by atoms with Gasteiger partial charge in [-0.1, -0.05) is 37.1 Å². The summed E-state index contributed by atoms with van der Waals surface area (Å²) in [7, 11) is 1.69. The molecule has 1 unspecified atom stereocenters. The van der Waals surface area contributed by atoms with E-state index in [0.29, 0.717) is 72.1 Å². The second-order valence-electron chi connectivity index (χ2n) is 19.5. The van der Waals surface area contributed by atoms with Crippen molar-refractivity contribution in [3.8, 4) is 17.2 Å². The Balaban J connectivity index is 1.09. The third-order valence-corrected chi connectivity index (χ3v) is 14.5. The van der Waals surface area contributed by atoms with Crippen molar-refractivity contribution in [2.75, 3.05) is 6.61 Å². The molecule has 11 rings (SSSR count). The van der Waals surface area contributed by atoms with Crippen molar-refractivity contribution in [2.24, 2.45) is 7.05 Å². The van der Waals surface area contributed by atoms with Crippen LogP contribution in [0.15, 0.2) is 93.4 Å². The van der Waals surface area contributed by atoms with E-state index in [9.17, 15) is 9.59 Å². The molecule has 1 saturated heterocycles. The van der Waals surface area contributed by atoms with E-state index >= 15 is 18.0 Å². The molecule has 2 fully saturated rings. The molecule has 8 aromatic rings. The average molecular weight is 941 g/mol. The van der Waals surface area contributed by atoms with E-state index in [1.165, 1.54) is 38.6 Å². The van der Waals surface area contributed by atoms with Gasteiger partial charge in [0, 0.05) is 48.9 Å². The number of allylic oxidation sites excluding steroid dienone is 1. The first-order valence-electron chi connectivity index (χ1n) is 23.3. The van der Waals surface area contributed by atoms with Gasteiger partial charge in [0.15, 0.2) is 11.6 Å². The molecule has 1 saturated carbocycles. The fourth-order valence-electron chi connectivity index (χ4n) is 10.9. The number of imidazole rings is 1. The summed E-state index contributed by atoms with van der Waals surface area (Å²) in [6.45, 7) is 12.3. The molecule has 356 valence electrons. The van der Waals surface area contributed by atoms with E-state index in [0.717, 1.165) is 28.4 Å². The van der Waals surface area contributed by atoms with E-state index in [-0.39, 0.29) is 57.6 Å². The van der Waals surface area contributed by atoms with E-state index in [1.54, 1.807) is 39.1 Å². The Labute approximate surface area is 393 Å². The van der Waals surface area contributed by atoms with Crippen LogP contribution >= 0.6 is 0 Å². The largest absolute Gasteiger partial charge is 0.438 e. The lowest BCUT2D eigenvalue weighted by Gasteiger charge is -2.35. The van der Waals surface area contributed by atoms with Gasteiger partial charge in [-0.15, -0.1) is 0 Å². The predicted octanol–water partition coefficient (Wildman–Crippen LogP) is 9.05. The highest BCUT2D eigenvalue weighted by molar-refractivity contribution is 6.00. The number of aryl methyl sites for hydroxylation is 3. The lowest BCUT2D eigenvalue weighted by Crippen LogP contribution is -2.34. The Morgan fingerprint density at radius 3 is 2.41 bits per heavy atom. The van der Waals surface area contributed by atoms with Crippen molar-refractivity contribution >= 4 is 27.7 Å². The molecule has 18 heteroatoms. The SMILES string of the molecule is C=C1C[C@]1(c1noc(=O)[nH]1)n1c(C(=O)NC2CCCCC[C@H](F)c3nn(-c4cc(C)c(F)c(C)c4)c(-n4ccn(-c5ccc6c(cnn6C)c5F)c4=O)c32)cc2cc([C@H]3CCOC(C)(C)C3)ccc21. The van der Waals surface area contributed by atoms with Crippen LogP contribution < -0.4 is 16.8 Å². The number of benzene rings is 3. The monoisotopic (exact) mass is 940 g/mol. The second-order valence-corrected chi connectivity index (χ2v) is 19.5. The molecule has 2 N–H and O–H groups in total.